The Bertz CT molecular complexity index is 938. The summed E-state index contributed by atoms with van der Waals surface area (Å²) < 4.78 is 3.45. The molecule has 0 atom stereocenters. The average molecular weight is 294 g/mol. The highest BCUT2D eigenvalue weighted by atomic mass is 15.6. The normalized spacial score (nSPS) is 11.3. The van der Waals surface area contributed by atoms with Gasteiger partial charge in [0.05, 0.1) is 5.69 Å². The van der Waals surface area contributed by atoms with Gasteiger partial charge in [-0.1, -0.05) is 6.07 Å². The van der Waals surface area contributed by atoms with Crippen LogP contribution in [0.5, 0.6) is 0 Å². The summed E-state index contributed by atoms with van der Waals surface area (Å²) in [5.74, 6) is 0.736. The van der Waals surface area contributed by atoms with E-state index in [-0.39, 0.29) is 0 Å². The Kier molecular flexibility index (Phi) is 2.92. The van der Waals surface area contributed by atoms with Crippen molar-refractivity contribution >= 4 is 17.1 Å². The van der Waals surface area contributed by atoms with Crippen LogP contribution in [0.2, 0.25) is 0 Å². The molecule has 0 radical (unpaired) electrons. The molecule has 0 bridgehead atoms. The van der Waals surface area contributed by atoms with Crippen molar-refractivity contribution in [2.24, 2.45) is 0 Å². The fraction of sp³-hybridized carbons (Fsp3) is 0.214. The number of rotatable bonds is 4. The fourth-order valence-electron chi connectivity index (χ4n) is 2.39. The van der Waals surface area contributed by atoms with Crippen LogP contribution in [0.25, 0.3) is 11.3 Å². The quantitative estimate of drug-likeness (QED) is 0.607. The third-order valence-corrected chi connectivity index (χ3v) is 3.48. The van der Waals surface area contributed by atoms with Crippen molar-refractivity contribution in [1.29, 1.82) is 0 Å². The highest BCUT2D eigenvalue weighted by molar-refractivity contribution is 5.48. The summed E-state index contributed by atoms with van der Waals surface area (Å²) >= 11 is 0. The molecule has 0 saturated heterocycles. The molecule has 22 heavy (non-hydrogen) atoms. The van der Waals surface area contributed by atoms with Crippen LogP contribution in [0.15, 0.2) is 36.7 Å². The van der Waals surface area contributed by atoms with Gasteiger partial charge in [0.15, 0.2) is 5.65 Å². The Morgan fingerprint density at radius 1 is 1.23 bits per heavy atom. The average Bonchev–Trinajstić information content (AvgIpc) is 3.13. The third kappa shape index (κ3) is 2.24. The maximum Gasteiger partial charge on any atom is 0.200 e. The van der Waals surface area contributed by atoms with E-state index in [9.17, 15) is 0 Å². The molecule has 0 aromatic carbocycles. The number of tetrazole rings is 1. The Morgan fingerprint density at radius 3 is 3.09 bits per heavy atom. The van der Waals surface area contributed by atoms with Gasteiger partial charge in [-0.15, -0.1) is 14.8 Å². The van der Waals surface area contributed by atoms with Gasteiger partial charge in [0.2, 0.25) is 0 Å². The van der Waals surface area contributed by atoms with Gasteiger partial charge in [0.25, 0.3) is 0 Å². The van der Waals surface area contributed by atoms with Gasteiger partial charge < -0.3 is 9.72 Å². The second-order valence-corrected chi connectivity index (χ2v) is 5.08. The topological polar surface area (TPSA) is 85.3 Å². The van der Waals surface area contributed by atoms with Gasteiger partial charge in [0, 0.05) is 25.4 Å². The molecule has 4 aromatic rings. The van der Waals surface area contributed by atoms with Gasteiger partial charge in [-0.05, 0) is 41.1 Å². The van der Waals surface area contributed by atoms with E-state index in [0.717, 1.165) is 30.1 Å². The number of pyridine rings is 1. The molecule has 4 heterocycles. The number of aromatic nitrogens is 7. The first-order valence-electron chi connectivity index (χ1n) is 7.02. The zero-order valence-electron chi connectivity index (χ0n) is 12.0. The second kappa shape index (κ2) is 5.06. The largest absolute Gasteiger partial charge is 0.368 e. The molecule has 0 spiro atoms. The van der Waals surface area contributed by atoms with E-state index < -0.39 is 0 Å². The van der Waals surface area contributed by atoms with Crippen molar-refractivity contribution in [2.45, 2.75) is 13.3 Å². The molecule has 0 aliphatic heterocycles. The van der Waals surface area contributed by atoms with Gasteiger partial charge >= 0.3 is 0 Å². The van der Waals surface area contributed by atoms with Crippen molar-refractivity contribution in [2.75, 3.05) is 11.9 Å². The van der Waals surface area contributed by atoms with Crippen LogP contribution in [-0.4, -0.2) is 41.2 Å². The minimum atomic E-state index is 0.626. The molecule has 4 rings (SSSR count). The monoisotopic (exact) mass is 294 g/mol. The minimum absolute atomic E-state index is 0.626. The van der Waals surface area contributed by atoms with E-state index in [4.69, 9.17) is 0 Å². The number of hydrogen-bond acceptors (Lipinski definition) is 6. The van der Waals surface area contributed by atoms with Crippen molar-refractivity contribution in [3.8, 4) is 0 Å². The van der Waals surface area contributed by atoms with Gasteiger partial charge in [-0.25, -0.2) is 4.98 Å². The van der Waals surface area contributed by atoms with Crippen molar-refractivity contribution in [3.63, 3.8) is 0 Å². The third-order valence-electron chi connectivity index (χ3n) is 3.48. The lowest BCUT2D eigenvalue weighted by molar-refractivity contribution is 0.733. The minimum Gasteiger partial charge on any atom is -0.368 e. The van der Waals surface area contributed by atoms with Crippen LogP contribution in [0, 0.1) is 6.92 Å². The SMILES string of the molecule is Cc1cccn2cc(CCNc3ccc4nnnn4n3)nc12. The number of nitrogens with one attached hydrogen (secondary N) is 1. The van der Waals surface area contributed by atoms with Crippen LogP contribution in [0.3, 0.4) is 0 Å². The lowest BCUT2D eigenvalue weighted by Gasteiger charge is -2.03. The Hall–Kier alpha value is -3.03. The zero-order valence-corrected chi connectivity index (χ0v) is 12.0. The van der Waals surface area contributed by atoms with E-state index >= 15 is 0 Å². The lowest BCUT2D eigenvalue weighted by atomic mass is 10.3. The first-order valence-corrected chi connectivity index (χ1v) is 7.02. The second-order valence-electron chi connectivity index (χ2n) is 5.08. The predicted octanol–water partition coefficient (Wildman–Crippen LogP) is 1.13. The van der Waals surface area contributed by atoms with E-state index in [2.05, 4.69) is 54.5 Å². The van der Waals surface area contributed by atoms with Gasteiger partial charge in [-0.3, -0.25) is 0 Å². The Morgan fingerprint density at radius 2 is 2.18 bits per heavy atom. The summed E-state index contributed by atoms with van der Waals surface area (Å²) in [7, 11) is 0. The molecule has 0 saturated carbocycles. The van der Waals surface area contributed by atoms with E-state index in [1.807, 2.05) is 24.4 Å². The van der Waals surface area contributed by atoms with E-state index in [0.29, 0.717) is 5.65 Å². The molecule has 0 aliphatic carbocycles. The van der Waals surface area contributed by atoms with E-state index in [1.165, 1.54) is 10.2 Å². The summed E-state index contributed by atoms with van der Waals surface area (Å²) in [4.78, 5) is 4.65. The molecular formula is C14H14N8. The van der Waals surface area contributed by atoms with Crippen LogP contribution in [-0.2, 0) is 6.42 Å². The van der Waals surface area contributed by atoms with Gasteiger partial charge in [-0.2, -0.15) is 0 Å². The summed E-state index contributed by atoms with van der Waals surface area (Å²) in [6.07, 6.45) is 4.89. The molecule has 1 N–H and O–H groups in total. The summed E-state index contributed by atoms with van der Waals surface area (Å²) in [6.45, 7) is 2.80. The molecule has 8 nitrogen and oxygen atoms in total. The smallest absolute Gasteiger partial charge is 0.200 e. The van der Waals surface area contributed by atoms with Crippen molar-refractivity contribution in [3.05, 3.63) is 47.9 Å². The number of aryl methyl sites for hydroxylation is 1. The molecule has 0 aliphatic rings. The van der Waals surface area contributed by atoms with Gasteiger partial charge in [0.1, 0.15) is 11.5 Å². The molecule has 0 amide bonds. The number of imidazole rings is 1. The molecule has 0 fully saturated rings. The number of hydrogen-bond donors (Lipinski definition) is 1. The fourth-order valence-corrected chi connectivity index (χ4v) is 2.39. The maximum absolute atomic E-state index is 4.65. The Balaban J connectivity index is 1.46. The van der Waals surface area contributed by atoms with Crippen LogP contribution >= 0.6 is 0 Å². The van der Waals surface area contributed by atoms with E-state index in [1.54, 1.807) is 0 Å². The maximum atomic E-state index is 4.65. The van der Waals surface area contributed by atoms with Crippen LogP contribution in [0.1, 0.15) is 11.3 Å². The highest BCUT2D eigenvalue weighted by Gasteiger charge is 2.04. The zero-order chi connectivity index (χ0) is 14.9. The number of anilines is 1. The van der Waals surface area contributed by atoms with Crippen LogP contribution < -0.4 is 5.32 Å². The highest BCUT2D eigenvalue weighted by Crippen LogP contribution is 2.10. The predicted molar refractivity (Wildman–Crippen MR) is 80.7 cm³/mol. The molecule has 110 valence electrons. The first-order chi connectivity index (χ1) is 10.8. The standard InChI is InChI=1S/C14H14N8/c1-10-3-2-8-21-9-11(16-14(10)21)6-7-15-12-4-5-13-17-19-20-22(13)18-12/h2-5,8-9H,6-7H2,1H3,(H,15,18). The van der Waals surface area contributed by atoms with Crippen LogP contribution in [0.4, 0.5) is 5.82 Å². The van der Waals surface area contributed by atoms with Crippen molar-refractivity contribution < 1.29 is 0 Å². The van der Waals surface area contributed by atoms with Crippen molar-refractivity contribution in [1.82, 2.24) is 34.6 Å². The molecule has 8 heteroatoms. The number of nitrogens with zero attached hydrogens (tertiary/aromatic N) is 7. The first kappa shape index (κ1) is 12.7. The molecular weight excluding hydrogens is 280 g/mol. The Labute approximate surface area is 125 Å². The summed E-state index contributed by atoms with van der Waals surface area (Å²) in [6, 6.07) is 7.77. The lowest BCUT2D eigenvalue weighted by Crippen LogP contribution is -2.08. The summed E-state index contributed by atoms with van der Waals surface area (Å²) in [5.41, 5.74) is 3.85. The summed E-state index contributed by atoms with van der Waals surface area (Å²) in [5, 5.41) is 18.7. The molecule has 0 unspecified atom stereocenters. The number of fused-ring (bicyclic) bond motifs is 2. The molecule has 4 aromatic heterocycles.